The second-order valence-electron chi connectivity index (χ2n) is 8.50. The van der Waals surface area contributed by atoms with Crippen LogP contribution in [0.15, 0.2) is 35.6 Å². The van der Waals surface area contributed by atoms with E-state index in [0.717, 1.165) is 54.1 Å². The van der Waals surface area contributed by atoms with Gasteiger partial charge in [-0.05, 0) is 56.2 Å². The summed E-state index contributed by atoms with van der Waals surface area (Å²) in [5.74, 6) is 0.699. The number of aromatic nitrogens is 4. The molecule has 0 aromatic carbocycles. The first-order chi connectivity index (χ1) is 13.7. The van der Waals surface area contributed by atoms with Gasteiger partial charge in [0, 0.05) is 36.6 Å². The summed E-state index contributed by atoms with van der Waals surface area (Å²) in [4.78, 5) is 14.1. The van der Waals surface area contributed by atoms with Crippen LogP contribution >= 0.6 is 0 Å². The Morgan fingerprint density at radius 2 is 2.07 bits per heavy atom. The van der Waals surface area contributed by atoms with Crippen molar-refractivity contribution < 1.29 is 0 Å². The van der Waals surface area contributed by atoms with Crippen LogP contribution in [0.2, 0.25) is 0 Å². The fraction of sp³-hybridized carbons (Fsp3) is 0.429. The van der Waals surface area contributed by atoms with Crippen LogP contribution in [-0.4, -0.2) is 44.4 Å². The average molecular weight is 373 g/mol. The predicted molar refractivity (Wildman–Crippen MR) is 109 cm³/mol. The van der Waals surface area contributed by atoms with Crippen molar-refractivity contribution in [1.82, 2.24) is 24.9 Å². The van der Waals surface area contributed by atoms with Crippen molar-refractivity contribution in [2.45, 2.75) is 38.6 Å². The molecule has 0 amide bonds. The molecule has 5 heterocycles. The SMILES string of the molecule is CC1=Nc2ccc(-c3ccn4nc(NC5CC6(CNC6)C5)ncc34)nc2CC1. The number of rotatable bonds is 3. The van der Waals surface area contributed by atoms with Crippen molar-refractivity contribution in [3.63, 3.8) is 0 Å². The minimum Gasteiger partial charge on any atom is -0.350 e. The van der Waals surface area contributed by atoms with Gasteiger partial charge in [0.05, 0.1) is 28.8 Å². The summed E-state index contributed by atoms with van der Waals surface area (Å²) in [6.07, 6.45) is 8.23. The van der Waals surface area contributed by atoms with Gasteiger partial charge in [-0.1, -0.05) is 0 Å². The number of anilines is 1. The largest absolute Gasteiger partial charge is 0.350 e. The number of aryl methyl sites for hydroxylation is 1. The van der Waals surface area contributed by atoms with Gasteiger partial charge in [0.1, 0.15) is 0 Å². The molecule has 28 heavy (non-hydrogen) atoms. The third kappa shape index (κ3) is 2.53. The molecule has 3 aromatic rings. The zero-order valence-corrected chi connectivity index (χ0v) is 15.9. The van der Waals surface area contributed by atoms with Gasteiger partial charge in [-0.2, -0.15) is 0 Å². The van der Waals surface area contributed by atoms with E-state index in [1.807, 2.05) is 23.0 Å². The molecule has 7 nitrogen and oxygen atoms in total. The first-order valence-electron chi connectivity index (χ1n) is 10.0. The molecule has 3 aliphatic rings. The Labute approximate surface area is 163 Å². The van der Waals surface area contributed by atoms with Gasteiger partial charge in [-0.15, -0.1) is 5.10 Å². The van der Waals surface area contributed by atoms with E-state index in [-0.39, 0.29) is 0 Å². The van der Waals surface area contributed by atoms with Crippen LogP contribution in [0.1, 0.15) is 31.9 Å². The Morgan fingerprint density at radius 1 is 1.18 bits per heavy atom. The second kappa shape index (κ2) is 5.85. The topological polar surface area (TPSA) is 79.5 Å². The summed E-state index contributed by atoms with van der Waals surface area (Å²) in [5, 5.41) is 11.5. The number of hydrogen-bond acceptors (Lipinski definition) is 6. The number of fused-ring (bicyclic) bond motifs is 2. The van der Waals surface area contributed by atoms with Gasteiger partial charge >= 0.3 is 0 Å². The fourth-order valence-electron chi connectivity index (χ4n) is 4.71. The highest BCUT2D eigenvalue weighted by molar-refractivity contribution is 5.87. The Hall–Kier alpha value is -2.80. The maximum absolute atomic E-state index is 4.87. The number of nitrogens with one attached hydrogen (secondary N) is 2. The lowest BCUT2D eigenvalue weighted by atomic mass is 9.62. The molecule has 1 saturated heterocycles. The molecule has 2 aliphatic heterocycles. The molecule has 3 aromatic heterocycles. The zero-order valence-electron chi connectivity index (χ0n) is 15.9. The molecule has 6 rings (SSSR count). The smallest absolute Gasteiger partial charge is 0.241 e. The molecule has 1 spiro atoms. The maximum Gasteiger partial charge on any atom is 0.241 e. The molecule has 142 valence electrons. The fourth-order valence-corrected chi connectivity index (χ4v) is 4.71. The van der Waals surface area contributed by atoms with E-state index in [0.29, 0.717) is 17.4 Å². The number of pyridine rings is 1. The van der Waals surface area contributed by atoms with Gasteiger partial charge in [0.15, 0.2) is 0 Å². The molecule has 0 radical (unpaired) electrons. The van der Waals surface area contributed by atoms with E-state index in [1.54, 1.807) is 0 Å². The van der Waals surface area contributed by atoms with Crippen LogP contribution < -0.4 is 10.6 Å². The van der Waals surface area contributed by atoms with Crippen LogP contribution in [-0.2, 0) is 6.42 Å². The van der Waals surface area contributed by atoms with Gasteiger partial charge in [0.25, 0.3) is 0 Å². The van der Waals surface area contributed by atoms with Gasteiger partial charge in [-0.3, -0.25) is 9.98 Å². The van der Waals surface area contributed by atoms with E-state index in [9.17, 15) is 0 Å². The molecule has 7 heteroatoms. The number of nitrogens with zero attached hydrogens (tertiary/aromatic N) is 5. The molecular formula is C21H23N7. The van der Waals surface area contributed by atoms with Crippen molar-refractivity contribution in [2.75, 3.05) is 18.4 Å². The molecule has 2 fully saturated rings. The monoisotopic (exact) mass is 373 g/mol. The molecule has 2 N–H and O–H groups in total. The van der Waals surface area contributed by atoms with Crippen molar-refractivity contribution in [3.05, 3.63) is 36.3 Å². The lowest BCUT2D eigenvalue weighted by molar-refractivity contribution is 0.0467. The highest BCUT2D eigenvalue weighted by Gasteiger charge is 2.48. The Morgan fingerprint density at radius 3 is 2.89 bits per heavy atom. The van der Waals surface area contributed by atoms with E-state index in [2.05, 4.69) is 44.8 Å². The summed E-state index contributed by atoms with van der Waals surface area (Å²) in [5.41, 5.74) is 6.79. The summed E-state index contributed by atoms with van der Waals surface area (Å²) >= 11 is 0. The average Bonchev–Trinajstić information content (AvgIpc) is 3.05. The lowest BCUT2D eigenvalue weighted by Gasteiger charge is -2.54. The first kappa shape index (κ1) is 16.2. The summed E-state index contributed by atoms with van der Waals surface area (Å²) in [6, 6.07) is 6.67. The van der Waals surface area contributed by atoms with Gasteiger partial charge < -0.3 is 10.6 Å². The van der Waals surface area contributed by atoms with Crippen LogP contribution in [0.3, 0.4) is 0 Å². The third-order valence-electron chi connectivity index (χ3n) is 6.37. The quantitative estimate of drug-likeness (QED) is 0.738. The molecule has 1 saturated carbocycles. The number of hydrogen-bond donors (Lipinski definition) is 2. The molecule has 0 unspecified atom stereocenters. The van der Waals surface area contributed by atoms with E-state index >= 15 is 0 Å². The third-order valence-corrected chi connectivity index (χ3v) is 6.37. The summed E-state index contributed by atoms with van der Waals surface area (Å²) in [7, 11) is 0. The van der Waals surface area contributed by atoms with Crippen molar-refractivity contribution in [3.8, 4) is 11.3 Å². The maximum atomic E-state index is 4.87. The summed E-state index contributed by atoms with van der Waals surface area (Å²) in [6.45, 7) is 4.39. The van der Waals surface area contributed by atoms with Crippen LogP contribution in [0.5, 0.6) is 0 Å². The van der Waals surface area contributed by atoms with Crippen LogP contribution in [0.4, 0.5) is 11.6 Å². The minimum absolute atomic E-state index is 0.487. The molecule has 1 aliphatic carbocycles. The van der Waals surface area contributed by atoms with Gasteiger partial charge in [0.2, 0.25) is 5.95 Å². The zero-order chi connectivity index (χ0) is 18.7. The molecular weight excluding hydrogens is 350 g/mol. The Kier molecular flexibility index (Phi) is 3.38. The van der Waals surface area contributed by atoms with Crippen molar-refractivity contribution in [1.29, 1.82) is 0 Å². The highest BCUT2D eigenvalue weighted by atomic mass is 15.3. The standard InChI is InChI=1S/C21H23N7/c1-13-2-3-18-17(24-13)5-4-16(26-18)15-6-7-28-19(15)10-23-20(27-28)25-14-8-21(9-14)11-22-12-21/h4-7,10,14,22H,2-3,8-9,11-12H2,1H3,(H,25,27). The highest BCUT2D eigenvalue weighted by Crippen LogP contribution is 2.45. The van der Waals surface area contributed by atoms with Gasteiger partial charge in [-0.25, -0.2) is 9.50 Å². The lowest BCUT2D eigenvalue weighted by Crippen LogP contribution is -2.63. The number of aliphatic imine (C=N–C) groups is 1. The second-order valence-corrected chi connectivity index (χ2v) is 8.50. The van der Waals surface area contributed by atoms with E-state index < -0.39 is 0 Å². The van der Waals surface area contributed by atoms with E-state index in [1.165, 1.54) is 18.6 Å². The molecule has 0 atom stereocenters. The van der Waals surface area contributed by atoms with Crippen molar-refractivity contribution >= 4 is 22.9 Å². The van der Waals surface area contributed by atoms with Crippen LogP contribution in [0.25, 0.3) is 16.8 Å². The minimum atomic E-state index is 0.487. The first-order valence-corrected chi connectivity index (χ1v) is 10.0. The normalized spacial score (nSPS) is 20.4. The predicted octanol–water partition coefficient (Wildman–Crippen LogP) is 2.99. The Balaban J connectivity index is 1.26. The van der Waals surface area contributed by atoms with E-state index in [4.69, 9.17) is 4.98 Å². The van der Waals surface area contributed by atoms with Crippen molar-refractivity contribution in [2.24, 2.45) is 10.4 Å². The summed E-state index contributed by atoms with van der Waals surface area (Å²) < 4.78 is 1.90. The van der Waals surface area contributed by atoms with Crippen LogP contribution in [0, 0.1) is 5.41 Å². The molecule has 0 bridgehead atoms. The Bertz CT molecular complexity index is 1100.